The molecule has 0 spiro atoms. The van der Waals surface area contributed by atoms with Gasteiger partial charge in [-0.2, -0.15) is 0 Å². The Morgan fingerprint density at radius 2 is 1.21 bits per heavy atom. The highest BCUT2D eigenvalue weighted by atomic mass is 16.5. The minimum absolute atomic E-state index is 0.338. The maximum absolute atomic E-state index is 12.1. The summed E-state index contributed by atoms with van der Waals surface area (Å²) in [5, 5.41) is 0. The number of unbranched alkanes of at least 4 members (excludes halogenated alkanes) is 10. The maximum atomic E-state index is 12.1. The molecule has 0 fully saturated rings. The predicted octanol–water partition coefficient (Wildman–Crippen LogP) is 6.94. The second-order valence-corrected chi connectivity index (χ2v) is 9.67. The number of esters is 2. The normalized spacial score (nSPS) is 12.6. The van der Waals surface area contributed by atoms with Gasteiger partial charge in [0.2, 0.25) is 0 Å². The summed E-state index contributed by atoms with van der Waals surface area (Å²) in [7, 11) is 6.81. The largest absolute Gasteiger partial charge is 0.468 e. The molecule has 0 heterocycles. The van der Waals surface area contributed by atoms with Crippen molar-refractivity contribution in [2.75, 3.05) is 34.9 Å². The van der Waals surface area contributed by atoms with Gasteiger partial charge in [0.25, 0.3) is 0 Å². The molecule has 0 aliphatic heterocycles. The Bertz CT molecular complexity index is 488. The molecule has 0 aromatic carbocycles. The summed E-state index contributed by atoms with van der Waals surface area (Å²) >= 11 is 0. The van der Waals surface area contributed by atoms with Crippen LogP contribution >= 0.6 is 0 Å². The van der Waals surface area contributed by atoms with Crippen LogP contribution in [0.2, 0.25) is 0 Å². The van der Waals surface area contributed by atoms with Crippen LogP contribution in [0.4, 0.5) is 0 Å². The van der Waals surface area contributed by atoms with Crippen molar-refractivity contribution >= 4 is 11.9 Å². The van der Waals surface area contributed by atoms with Gasteiger partial charge in [0.1, 0.15) is 0 Å². The van der Waals surface area contributed by atoms with Crippen LogP contribution in [0.25, 0.3) is 0 Å². The molecule has 0 aliphatic rings. The first-order chi connectivity index (χ1) is 16.0. The Balaban J connectivity index is 4.18. The lowest BCUT2D eigenvalue weighted by Crippen LogP contribution is -2.29. The maximum Gasteiger partial charge on any atom is 0.320 e. The summed E-state index contributed by atoms with van der Waals surface area (Å²) in [5.41, 5.74) is 0. The van der Waals surface area contributed by atoms with Gasteiger partial charge in [0.05, 0.1) is 14.2 Å². The van der Waals surface area contributed by atoms with Gasteiger partial charge in [-0.3, -0.25) is 9.59 Å². The van der Waals surface area contributed by atoms with Crippen LogP contribution in [0.1, 0.15) is 110 Å². The lowest BCUT2D eigenvalue weighted by molar-refractivity contribution is -0.159. The molecule has 33 heavy (non-hydrogen) atoms. The fourth-order valence-electron chi connectivity index (χ4n) is 4.31. The summed E-state index contributed by atoms with van der Waals surface area (Å²) in [6, 6.07) is 0. The summed E-state index contributed by atoms with van der Waals surface area (Å²) < 4.78 is 9.70. The van der Waals surface area contributed by atoms with E-state index in [9.17, 15) is 9.59 Å². The molecule has 5 heteroatoms. The average molecular weight is 468 g/mol. The van der Waals surface area contributed by atoms with Gasteiger partial charge in [0, 0.05) is 0 Å². The third kappa shape index (κ3) is 18.7. The first-order valence-electron chi connectivity index (χ1n) is 13.4. The van der Waals surface area contributed by atoms with Crippen molar-refractivity contribution in [3.05, 3.63) is 12.2 Å². The fourth-order valence-corrected chi connectivity index (χ4v) is 4.31. The number of allylic oxidation sites excluding steroid dienone is 2. The minimum Gasteiger partial charge on any atom is -0.468 e. The Morgan fingerprint density at radius 1 is 0.727 bits per heavy atom. The van der Waals surface area contributed by atoms with E-state index >= 15 is 0 Å². The van der Waals surface area contributed by atoms with Crippen LogP contribution in [0.3, 0.4) is 0 Å². The van der Waals surface area contributed by atoms with Crippen molar-refractivity contribution in [3.8, 4) is 0 Å². The van der Waals surface area contributed by atoms with Gasteiger partial charge in [-0.25, -0.2) is 0 Å². The fraction of sp³-hybridized carbons (Fsp3) is 0.857. The topological polar surface area (TPSA) is 55.8 Å². The summed E-state index contributed by atoms with van der Waals surface area (Å²) in [4.78, 5) is 26.4. The lowest BCUT2D eigenvalue weighted by atomic mass is 9.86. The summed E-state index contributed by atoms with van der Waals surface area (Å²) in [5.74, 6) is -1.43. The Kier molecular flexibility index (Phi) is 21.5. The van der Waals surface area contributed by atoms with E-state index < -0.39 is 17.9 Å². The van der Waals surface area contributed by atoms with E-state index in [0.29, 0.717) is 12.3 Å². The van der Waals surface area contributed by atoms with E-state index in [4.69, 9.17) is 9.47 Å². The molecule has 0 radical (unpaired) electrons. The molecule has 1 unspecified atom stereocenters. The number of methoxy groups -OCH3 is 2. The molecule has 0 aromatic heterocycles. The van der Waals surface area contributed by atoms with Crippen molar-refractivity contribution in [1.82, 2.24) is 4.90 Å². The predicted molar refractivity (Wildman–Crippen MR) is 138 cm³/mol. The Morgan fingerprint density at radius 3 is 1.73 bits per heavy atom. The van der Waals surface area contributed by atoms with E-state index in [1.165, 1.54) is 84.8 Å². The third-order valence-electron chi connectivity index (χ3n) is 6.38. The smallest absolute Gasteiger partial charge is 0.320 e. The van der Waals surface area contributed by atoms with Crippen LogP contribution < -0.4 is 0 Å². The molecule has 0 aliphatic carbocycles. The zero-order valence-corrected chi connectivity index (χ0v) is 22.4. The van der Waals surface area contributed by atoms with Gasteiger partial charge >= 0.3 is 11.9 Å². The van der Waals surface area contributed by atoms with Crippen LogP contribution in [0, 0.1) is 11.8 Å². The Hall–Kier alpha value is -1.36. The van der Waals surface area contributed by atoms with Crippen molar-refractivity contribution in [1.29, 1.82) is 0 Å². The number of hydrogen-bond donors (Lipinski definition) is 0. The monoisotopic (exact) mass is 467 g/mol. The number of nitrogens with zero attached hydrogens (tertiary/aromatic N) is 1. The van der Waals surface area contributed by atoms with Crippen molar-refractivity contribution < 1.29 is 19.1 Å². The van der Waals surface area contributed by atoms with Crippen molar-refractivity contribution in [2.45, 2.75) is 110 Å². The second-order valence-electron chi connectivity index (χ2n) is 9.67. The molecule has 0 rings (SSSR count). The molecule has 0 bridgehead atoms. The number of hydrogen-bond acceptors (Lipinski definition) is 5. The van der Waals surface area contributed by atoms with Gasteiger partial charge in [-0.1, -0.05) is 76.9 Å². The standard InChI is InChI=1S/C28H53NO4/c1-6-7-8-9-10-11-12-13-14-15-16-17-18-19-21-25(22-20-23-29(2)3)24-26(27(30)32-4)28(31)33-5/h13-14,25-26H,6-12,15-24H2,1-5H3/b14-13-. The molecule has 0 saturated carbocycles. The molecule has 0 N–H and O–H groups in total. The van der Waals surface area contributed by atoms with Crippen LogP contribution in [-0.4, -0.2) is 51.7 Å². The van der Waals surface area contributed by atoms with E-state index in [0.717, 1.165) is 32.2 Å². The zero-order chi connectivity index (χ0) is 24.7. The third-order valence-corrected chi connectivity index (χ3v) is 6.38. The molecular weight excluding hydrogens is 414 g/mol. The molecule has 1 atom stereocenters. The highest BCUT2D eigenvalue weighted by molar-refractivity contribution is 5.94. The minimum atomic E-state index is -0.805. The zero-order valence-electron chi connectivity index (χ0n) is 22.4. The highest BCUT2D eigenvalue weighted by Crippen LogP contribution is 2.26. The molecule has 0 saturated heterocycles. The Labute approximate surface area is 204 Å². The summed E-state index contributed by atoms with van der Waals surface area (Å²) in [6.07, 6.45) is 23.8. The molecule has 0 aromatic rings. The van der Waals surface area contributed by atoms with Gasteiger partial charge in [-0.15, -0.1) is 0 Å². The van der Waals surface area contributed by atoms with E-state index in [2.05, 4.69) is 38.1 Å². The van der Waals surface area contributed by atoms with Gasteiger partial charge in [0.15, 0.2) is 5.92 Å². The van der Waals surface area contributed by atoms with Crippen LogP contribution in [0.5, 0.6) is 0 Å². The highest BCUT2D eigenvalue weighted by Gasteiger charge is 2.31. The quantitative estimate of drug-likeness (QED) is 0.0746. The molecule has 0 amide bonds. The van der Waals surface area contributed by atoms with Crippen molar-refractivity contribution in [3.63, 3.8) is 0 Å². The van der Waals surface area contributed by atoms with E-state index in [-0.39, 0.29) is 0 Å². The molecule has 5 nitrogen and oxygen atoms in total. The summed E-state index contributed by atoms with van der Waals surface area (Å²) in [6.45, 7) is 3.28. The first-order valence-corrected chi connectivity index (χ1v) is 13.4. The van der Waals surface area contributed by atoms with Gasteiger partial charge < -0.3 is 14.4 Å². The SMILES string of the molecule is CCCCCCCC/C=C\CCCCCCC(CCCN(C)C)CC(C(=O)OC)C(=O)OC. The second kappa shape index (κ2) is 22.4. The van der Waals surface area contributed by atoms with Crippen LogP contribution in [-0.2, 0) is 19.1 Å². The van der Waals surface area contributed by atoms with Crippen LogP contribution in [0.15, 0.2) is 12.2 Å². The first kappa shape index (κ1) is 31.6. The average Bonchev–Trinajstić information content (AvgIpc) is 2.80. The van der Waals surface area contributed by atoms with Crippen molar-refractivity contribution in [2.24, 2.45) is 11.8 Å². The number of carbonyl (C=O) groups is 2. The number of rotatable bonds is 22. The number of carbonyl (C=O) groups excluding carboxylic acids is 2. The molecule has 194 valence electrons. The van der Waals surface area contributed by atoms with E-state index in [1.807, 2.05) is 0 Å². The molecular formula is C28H53NO4. The van der Waals surface area contributed by atoms with E-state index in [1.54, 1.807) is 0 Å². The lowest BCUT2D eigenvalue weighted by Gasteiger charge is -2.21. The number of ether oxygens (including phenoxy) is 2. The van der Waals surface area contributed by atoms with Gasteiger partial charge in [-0.05, 0) is 71.5 Å².